The van der Waals surface area contributed by atoms with Gasteiger partial charge in [0.15, 0.2) is 0 Å². The molecule has 8 heteroatoms. The third-order valence-corrected chi connectivity index (χ3v) is 6.46. The van der Waals surface area contributed by atoms with E-state index in [0.717, 1.165) is 56.1 Å². The van der Waals surface area contributed by atoms with Crippen LogP contribution < -0.4 is 10.1 Å². The van der Waals surface area contributed by atoms with E-state index in [-0.39, 0.29) is 12.0 Å². The highest BCUT2D eigenvalue weighted by atomic mass is 16.5. The van der Waals surface area contributed by atoms with Gasteiger partial charge < -0.3 is 24.4 Å². The molecule has 206 valence electrons. The summed E-state index contributed by atoms with van der Waals surface area (Å²) in [4.78, 5) is 29.5. The zero-order valence-corrected chi connectivity index (χ0v) is 22.5. The maximum absolute atomic E-state index is 13.4. The smallest absolute Gasteiger partial charge is 0.338 e. The highest BCUT2D eigenvalue weighted by molar-refractivity contribution is 5.92. The van der Waals surface area contributed by atoms with E-state index in [1.165, 1.54) is 0 Å². The number of urea groups is 1. The summed E-state index contributed by atoms with van der Waals surface area (Å²) >= 11 is 0. The van der Waals surface area contributed by atoms with Gasteiger partial charge in [-0.1, -0.05) is 42.5 Å². The Morgan fingerprint density at radius 2 is 1.69 bits per heavy atom. The van der Waals surface area contributed by atoms with Gasteiger partial charge >= 0.3 is 12.0 Å². The number of benzene rings is 3. The molecule has 0 spiro atoms. The van der Waals surface area contributed by atoms with Gasteiger partial charge in [-0.05, 0) is 60.9 Å². The van der Waals surface area contributed by atoms with Crippen molar-refractivity contribution < 1.29 is 23.8 Å². The number of morpholine rings is 1. The zero-order valence-electron chi connectivity index (χ0n) is 22.5. The van der Waals surface area contributed by atoms with Crippen molar-refractivity contribution in [1.82, 2.24) is 9.80 Å². The molecule has 0 atom stereocenters. The number of anilines is 1. The van der Waals surface area contributed by atoms with Gasteiger partial charge in [-0.2, -0.15) is 0 Å². The number of amides is 2. The topological polar surface area (TPSA) is 80.3 Å². The molecule has 1 fully saturated rings. The van der Waals surface area contributed by atoms with E-state index >= 15 is 0 Å². The summed E-state index contributed by atoms with van der Waals surface area (Å²) in [6.07, 6.45) is 0.847. The highest BCUT2D eigenvalue weighted by Crippen LogP contribution is 2.18. The molecule has 39 heavy (non-hydrogen) atoms. The second-order valence-electron chi connectivity index (χ2n) is 9.38. The Morgan fingerprint density at radius 1 is 0.949 bits per heavy atom. The van der Waals surface area contributed by atoms with Crippen LogP contribution in [0.25, 0.3) is 0 Å². The van der Waals surface area contributed by atoms with Crippen molar-refractivity contribution >= 4 is 17.7 Å². The monoisotopic (exact) mass is 531 g/mol. The molecule has 0 saturated carbocycles. The molecule has 1 aliphatic heterocycles. The minimum absolute atomic E-state index is 0.198. The normalized spacial score (nSPS) is 13.5. The molecule has 0 aliphatic carbocycles. The van der Waals surface area contributed by atoms with Crippen molar-refractivity contribution in [3.05, 3.63) is 95.6 Å². The molecule has 8 nitrogen and oxygen atoms in total. The van der Waals surface area contributed by atoms with E-state index in [4.69, 9.17) is 14.2 Å². The Morgan fingerprint density at radius 3 is 2.44 bits per heavy atom. The van der Waals surface area contributed by atoms with Crippen LogP contribution in [0.2, 0.25) is 0 Å². The number of carbonyl (C=O) groups excluding carboxylic acids is 2. The summed E-state index contributed by atoms with van der Waals surface area (Å²) < 4.78 is 16.5. The molecule has 3 aromatic rings. The predicted octanol–water partition coefficient (Wildman–Crippen LogP) is 5.20. The van der Waals surface area contributed by atoms with Crippen molar-refractivity contribution in [2.24, 2.45) is 0 Å². The van der Waals surface area contributed by atoms with Crippen LogP contribution in [0.3, 0.4) is 0 Å². The Labute approximate surface area is 230 Å². The number of rotatable bonds is 12. The third-order valence-electron chi connectivity index (χ3n) is 6.46. The van der Waals surface area contributed by atoms with Crippen LogP contribution >= 0.6 is 0 Å². The van der Waals surface area contributed by atoms with Crippen LogP contribution in [0, 0.1) is 0 Å². The van der Waals surface area contributed by atoms with E-state index < -0.39 is 0 Å². The average Bonchev–Trinajstić information content (AvgIpc) is 2.97. The molecular weight excluding hydrogens is 494 g/mol. The fraction of sp³-hybridized carbons (Fsp3) is 0.355. The molecule has 1 aliphatic rings. The molecule has 0 bridgehead atoms. The lowest BCUT2D eigenvalue weighted by Gasteiger charge is -2.28. The van der Waals surface area contributed by atoms with Crippen molar-refractivity contribution in [2.75, 3.05) is 51.3 Å². The van der Waals surface area contributed by atoms with Gasteiger partial charge in [-0.3, -0.25) is 4.90 Å². The third kappa shape index (κ3) is 9.12. The highest BCUT2D eigenvalue weighted by Gasteiger charge is 2.17. The summed E-state index contributed by atoms with van der Waals surface area (Å²) in [6, 6.07) is 24.5. The van der Waals surface area contributed by atoms with Crippen molar-refractivity contribution in [3.63, 3.8) is 0 Å². The van der Waals surface area contributed by atoms with Gasteiger partial charge in [0.1, 0.15) is 12.4 Å². The maximum atomic E-state index is 13.4. The van der Waals surface area contributed by atoms with Crippen LogP contribution in [-0.2, 0) is 22.6 Å². The van der Waals surface area contributed by atoms with Crippen molar-refractivity contribution in [2.45, 2.75) is 26.5 Å². The first kappa shape index (κ1) is 28.1. The predicted molar refractivity (Wildman–Crippen MR) is 151 cm³/mol. The molecule has 0 radical (unpaired) electrons. The summed E-state index contributed by atoms with van der Waals surface area (Å²) in [7, 11) is 0. The first-order chi connectivity index (χ1) is 19.1. The average molecular weight is 532 g/mol. The second kappa shape index (κ2) is 14.9. The molecule has 2 amide bonds. The number of hydrogen-bond donors (Lipinski definition) is 1. The van der Waals surface area contributed by atoms with Crippen molar-refractivity contribution in [3.8, 4) is 5.75 Å². The molecule has 0 unspecified atom stereocenters. The fourth-order valence-corrected chi connectivity index (χ4v) is 4.36. The van der Waals surface area contributed by atoms with Gasteiger partial charge in [0.05, 0.1) is 25.4 Å². The van der Waals surface area contributed by atoms with E-state index in [0.29, 0.717) is 37.6 Å². The number of ether oxygens (including phenoxy) is 3. The fourth-order valence-electron chi connectivity index (χ4n) is 4.36. The minimum atomic E-state index is -0.380. The molecular formula is C31H37N3O5. The number of hydrogen-bond acceptors (Lipinski definition) is 6. The van der Waals surface area contributed by atoms with Crippen LogP contribution in [-0.4, -0.2) is 67.8 Å². The minimum Gasteiger partial charge on any atom is -0.489 e. The molecule has 1 saturated heterocycles. The Kier molecular flexibility index (Phi) is 10.7. The van der Waals surface area contributed by atoms with Crippen LogP contribution in [0.1, 0.15) is 34.8 Å². The lowest BCUT2D eigenvalue weighted by Crippen LogP contribution is -2.40. The first-order valence-corrected chi connectivity index (χ1v) is 13.5. The number of nitrogens with zero attached hydrogens (tertiary/aromatic N) is 2. The second-order valence-corrected chi connectivity index (χ2v) is 9.38. The zero-order chi connectivity index (χ0) is 27.3. The molecule has 1 heterocycles. The Hall–Kier alpha value is -3.88. The summed E-state index contributed by atoms with van der Waals surface area (Å²) in [5.74, 6) is 0.383. The van der Waals surface area contributed by atoms with E-state index in [2.05, 4.69) is 10.2 Å². The molecule has 0 aromatic heterocycles. The van der Waals surface area contributed by atoms with Gasteiger partial charge in [-0.15, -0.1) is 0 Å². The number of carbonyl (C=O) groups is 2. The number of nitrogens with one attached hydrogen (secondary N) is 1. The van der Waals surface area contributed by atoms with E-state index in [1.807, 2.05) is 59.5 Å². The van der Waals surface area contributed by atoms with Gasteiger partial charge in [0, 0.05) is 38.4 Å². The van der Waals surface area contributed by atoms with E-state index in [9.17, 15) is 9.59 Å². The first-order valence-electron chi connectivity index (χ1n) is 13.5. The summed E-state index contributed by atoms with van der Waals surface area (Å²) in [6.45, 7) is 7.85. The maximum Gasteiger partial charge on any atom is 0.338 e. The van der Waals surface area contributed by atoms with Crippen LogP contribution in [0.5, 0.6) is 5.75 Å². The number of esters is 1. The Balaban J connectivity index is 1.40. The largest absolute Gasteiger partial charge is 0.489 e. The molecule has 4 rings (SSSR count). The van der Waals surface area contributed by atoms with Gasteiger partial charge in [0.2, 0.25) is 0 Å². The SMILES string of the molecule is CCOC(=O)c1ccc(NC(=O)N(CCCN2CCOCC2)Cc2cccc(OCc3ccccc3)c2)cc1. The molecule has 1 N–H and O–H groups in total. The lowest BCUT2D eigenvalue weighted by molar-refractivity contribution is 0.0365. The lowest BCUT2D eigenvalue weighted by atomic mass is 10.2. The summed E-state index contributed by atoms with van der Waals surface area (Å²) in [5, 5.41) is 2.98. The quantitative estimate of drug-likeness (QED) is 0.324. The summed E-state index contributed by atoms with van der Waals surface area (Å²) in [5.41, 5.74) is 3.15. The van der Waals surface area contributed by atoms with E-state index in [1.54, 1.807) is 31.2 Å². The molecule has 3 aromatic carbocycles. The van der Waals surface area contributed by atoms with Crippen molar-refractivity contribution in [1.29, 1.82) is 0 Å². The van der Waals surface area contributed by atoms with Crippen LogP contribution in [0.15, 0.2) is 78.9 Å². The van der Waals surface area contributed by atoms with Gasteiger partial charge in [0.25, 0.3) is 0 Å². The Bertz CT molecular complexity index is 1180. The standard InChI is InChI=1S/C31H37N3O5/c1-2-38-30(35)27-12-14-28(15-13-27)32-31(36)34(17-7-16-33-18-20-37-21-19-33)23-26-10-6-11-29(22-26)39-24-25-8-4-3-5-9-25/h3-6,8-15,22H,2,7,16-21,23-24H2,1H3,(H,32,36). The van der Waals surface area contributed by atoms with Crippen LogP contribution in [0.4, 0.5) is 10.5 Å². The van der Waals surface area contributed by atoms with Gasteiger partial charge in [-0.25, -0.2) is 9.59 Å².